The molecule has 0 aromatic heterocycles. The first-order chi connectivity index (χ1) is 7.26. The van der Waals surface area contributed by atoms with Crippen LogP contribution < -0.4 is 15.8 Å². The van der Waals surface area contributed by atoms with Gasteiger partial charge in [-0.05, 0) is 37.1 Å². The molecule has 1 aliphatic rings. The molecule has 1 aromatic carbocycles. The van der Waals surface area contributed by atoms with Gasteiger partial charge >= 0.3 is 0 Å². The van der Waals surface area contributed by atoms with E-state index in [1.54, 1.807) is 7.11 Å². The first-order valence-electron chi connectivity index (χ1n) is 5.39. The lowest BCUT2D eigenvalue weighted by Gasteiger charge is -2.25. The van der Waals surface area contributed by atoms with Crippen molar-refractivity contribution in [2.75, 3.05) is 13.7 Å². The Morgan fingerprint density at radius 3 is 3.00 bits per heavy atom. The lowest BCUT2D eigenvalue weighted by Crippen LogP contribution is -2.28. The number of hydrogen-bond acceptors (Lipinski definition) is 3. The van der Waals surface area contributed by atoms with Crippen molar-refractivity contribution in [1.82, 2.24) is 5.32 Å². The van der Waals surface area contributed by atoms with Gasteiger partial charge in [0.2, 0.25) is 0 Å². The van der Waals surface area contributed by atoms with Gasteiger partial charge in [-0.2, -0.15) is 0 Å². The first-order valence-corrected chi connectivity index (χ1v) is 5.39. The van der Waals surface area contributed by atoms with Crippen molar-refractivity contribution in [2.24, 2.45) is 5.73 Å². The SMILES string of the molecule is COc1cc2c(cc1CN)CCNC2C. The Bertz CT molecular complexity index is 363. The van der Waals surface area contributed by atoms with E-state index in [9.17, 15) is 0 Å². The fraction of sp³-hybridized carbons (Fsp3) is 0.500. The molecule has 0 saturated heterocycles. The zero-order valence-corrected chi connectivity index (χ0v) is 9.34. The summed E-state index contributed by atoms with van der Waals surface area (Å²) in [6.07, 6.45) is 1.08. The number of ether oxygens (including phenoxy) is 1. The van der Waals surface area contributed by atoms with Gasteiger partial charge in [-0.1, -0.05) is 6.07 Å². The van der Waals surface area contributed by atoms with E-state index in [0.29, 0.717) is 12.6 Å². The normalized spacial score (nSPS) is 19.8. The molecule has 82 valence electrons. The molecule has 1 unspecified atom stereocenters. The number of fused-ring (bicyclic) bond motifs is 1. The summed E-state index contributed by atoms with van der Waals surface area (Å²) in [5.74, 6) is 0.909. The second-order valence-corrected chi connectivity index (χ2v) is 3.99. The molecule has 1 heterocycles. The molecule has 0 amide bonds. The molecule has 0 aliphatic carbocycles. The van der Waals surface area contributed by atoms with Crippen molar-refractivity contribution in [3.05, 3.63) is 28.8 Å². The molecule has 3 nitrogen and oxygen atoms in total. The minimum atomic E-state index is 0.412. The van der Waals surface area contributed by atoms with Crippen LogP contribution >= 0.6 is 0 Å². The zero-order chi connectivity index (χ0) is 10.8. The van der Waals surface area contributed by atoms with Crippen molar-refractivity contribution >= 4 is 0 Å². The van der Waals surface area contributed by atoms with Crippen molar-refractivity contribution < 1.29 is 4.74 Å². The Morgan fingerprint density at radius 1 is 1.53 bits per heavy atom. The molecule has 3 N–H and O–H groups in total. The molecule has 0 bridgehead atoms. The summed E-state index contributed by atoms with van der Waals surface area (Å²) in [4.78, 5) is 0. The predicted octanol–water partition coefficient (Wildman–Crippen LogP) is 1.36. The smallest absolute Gasteiger partial charge is 0.123 e. The predicted molar refractivity (Wildman–Crippen MR) is 61.0 cm³/mol. The molecular formula is C12H18N2O. The summed E-state index contributed by atoms with van der Waals surface area (Å²) in [5, 5.41) is 3.44. The van der Waals surface area contributed by atoms with Crippen molar-refractivity contribution in [3.8, 4) is 5.75 Å². The van der Waals surface area contributed by atoms with Gasteiger partial charge in [0.15, 0.2) is 0 Å². The highest BCUT2D eigenvalue weighted by molar-refractivity contribution is 5.45. The summed E-state index contributed by atoms with van der Waals surface area (Å²) in [6, 6.07) is 4.72. The van der Waals surface area contributed by atoms with Crippen LogP contribution in [0, 0.1) is 0 Å². The molecule has 1 aromatic rings. The van der Waals surface area contributed by atoms with E-state index in [4.69, 9.17) is 10.5 Å². The molecule has 0 saturated carbocycles. The average Bonchev–Trinajstić information content (AvgIpc) is 2.28. The monoisotopic (exact) mass is 206 g/mol. The van der Waals surface area contributed by atoms with Crippen LogP contribution in [0.1, 0.15) is 29.7 Å². The van der Waals surface area contributed by atoms with Crippen LogP contribution in [-0.2, 0) is 13.0 Å². The third-order valence-corrected chi connectivity index (χ3v) is 3.07. The molecule has 0 fully saturated rings. The van der Waals surface area contributed by atoms with Crippen LogP contribution in [0.5, 0.6) is 5.75 Å². The fourth-order valence-corrected chi connectivity index (χ4v) is 2.19. The van der Waals surface area contributed by atoms with E-state index in [2.05, 4.69) is 24.4 Å². The highest BCUT2D eigenvalue weighted by atomic mass is 16.5. The number of nitrogens with one attached hydrogen (secondary N) is 1. The van der Waals surface area contributed by atoms with Crippen LogP contribution in [0.25, 0.3) is 0 Å². The summed E-state index contributed by atoms with van der Waals surface area (Å²) in [7, 11) is 1.70. The third kappa shape index (κ3) is 1.85. The van der Waals surface area contributed by atoms with Gasteiger partial charge < -0.3 is 15.8 Å². The van der Waals surface area contributed by atoms with Crippen molar-refractivity contribution in [2.45, 2.75) is 25.9 Å². The largest absolute Gasteiger partial charge is 0.496 e. The van der Waals surface area contributed by atoms with Gasteiger partial charge in [0.1, 0.15) is 5.75 Å². The summed E-state index contributed by atoms with van der Waals surface area (Å²) in [5.41, 5.74) is 9.55. The molecule has 2 rings (SSSR count). The molecule has 1 atom stereocenters. The van der Waals surface area contributed by atoms with Gasteiger partial charge in [0.25, 0.3) is 0 Å². The molecule has 0 spiro atoms. The van der Waals surface area contributed by atoms with Gasteiger partial charge in [-0.15, -0.1) is 0 Å². The zero-order valence-electron chi connectivity index (χ0n) is 9.34. The highest BCUT2D eigenvalue weighted by Gasteiger charge is 2.18. The van der Waals surface area contributed by atoms with Gasteiger partial charge in [0.05, 0.1) is 7.11 Å². The van der Waals surface area contributed by atoms with Gasteiger partial charge in [-0.25, -0.2) is 0 Å². The first kappa shape index (κ1) is 10.5. The minimum absolute atomic E-state index is 0.412. The summed E-state index contributed by atoms with van der Waals surface area (Å²) >= 11 is 0. The number of rotatable bonds is 2. The van der Waals surface area contributed by atoms with Crippen LogP contribution in [-0.4, -0.2) is 13.7 Å². The lowest BCUT2D eigenvalue weighted by atomic mass is 9.93. The fourth-order valence-electron chi connectivity index (χ4n) is 2.19. The maximum atomic E-state index is 5.70. The van der Waals surface area contributed by atoms with E-state index < -0.39 is 0 Å². The number of methoxy groups -OCH3 is 1. The van der Waals surface area contributed by atoms with Crippen LogP contribution in [0.2, 0.25) is 0 Å². The average molecular weight is 206 g/mol. The van der Waals surface area contributed by atoms with Gasteiger partial charge in [-0.3, -0.25) is 0 Å². The van der Waals surface area contributed by atoms with Gasteiger partial charge in [0, 0.05) is 18.2 Å². The summed E-state index contributed by atoms with van der Waals surface area (Å²) < 4.78 is 5.34. The highest BCUT2D eigenvalue weighted by Crippen LogP contribution is 2.29. The standard InChI is InChI=1S/C12H18N2O/c1-8-11-6-12(15-2)10(7-13)5-9(11)3-4-14-8/h5-6,8,14H,3-4,7,13H2,1-2H3. The van der Waals surface area contributed by atoms with Crippen molar-refractivity contribution in [1.29, 1.82) is 0 Å². The minimum Gasteiger partial charge on any atom is -0.496 e. The Balaban J connectivity index is 2.48. The van der Waals surface area contributed by atoms with E-state index in [1.807, 2.05) is 0 Å². The second kappa shape index (κ2) is 4.21. The lowest BCUT2D eigenvalue weighted by molar-refractivity contribution is 0.407. The Hall–Kier alpha value is -1.06. The molecule has 15 heavy (non-hydrogen) atoms. The number of benzene rings is 1. The molecule has 1 aliphatic heterocycles. The molecule has 3 heteroatoms. The van der Waals surface area contributed by atoms with E-state index in [1.165, 1.54) is 11.1 Å². The molecular weight excluding hydrogens is 188 g/mol. The van der Waals surface area contributed by atoms with Crippen LogP contribution in [0.15, 0.2) is 12.1 Å². The number of hydrogen-bond donors (Lipinski definition) is 2. The maximum absolute atomic E-state index is 5.70. The maximum Gasteiger partial charge on any atom is 0.123 e. The quantitative estimate of drug-likeness (QED) is 0.768. The van der Waals surface area contributed by atoms with E-state index >= 15 is 0 Å². The van der Waals surface area contributed by atoms with Crippen LogP contribution in [0.4, 0.5) is 0 Å². The Morgan fingerprint density at radius 2 is 2.33 bits per heavy atom. The summed E-state index contributed by atoms with van der Waals surface area (Å²) in [6.45, 7) is 3.77. The van der Waals surface area contributed by atoms with E-state index in [-0.39, 0.29) is 0 Å². The van der Waals surface area contributed by atoms with Crippen molar-refractivity contribution in [3.63, 3.8) is 0 Å². The second-order valence-electron chi connectivity index (χ2n) is 3.99. The topological polar surface area (TPSA) is 47.3 Å². The molecule has 0 radical (unpaired) electrons. The Labute approximate surface area is 90.6 Å². The van der Waals surface area contributed by atoms with E-state index in [0.717, 1.165) is 24.3 Å². The number of nitrogens with two attached hydrogens (primary N) is 1. The van der Waals surface area contributed by atoms with Crippen LogP contribution in [0.3, 0.4) is 0 Å². The Kier molecular flexibility index (Phi) is 2.93. The third-order valence-electron chi connectivity index (χ3n) is 3.07.